The zero-order valence-corrected chi connectivity index (χ0v) is 18.5. The number of rotatable bonds is 6. The molecule has 1 amide bonds. The van der Waals surface area contributed by atoms with Crippen LogP contribution in [0.5, 0.6) is 0 Å². The molecule has 1 heterocycles. The molecule has 1 fully saturated rings. The highest BCUT2D eigenvalue weighted by Crippen LogP contribution is 2.27. The molecule has 2 aromatic rings. The second-order valence-electron chi connectivity index (χ2n) is 6.88. The van der Waals surface area contributed by atoms with Crippen LogP contribution in [0.3, 0.4) is 0 Å². The molecule has 1 saturated heterocycles. The van der Waals surface area contributed by atoms with E-state index in [4.69, 9.17) is 4.74 Å². The maximum Gasteiger partial charge on any atom is 0.339 e. The van der Waals surface area contributed by atoms with Gasteiger partial charge in [-0.05, 0) is 55.5 Å². The summed E-state index contributed by atoms with van der Waals surface area (Å²) in [6.07, 6.45) is 2.76. The third-order valence-electron chi connectivity index (χ3n) is 5.11. The molecule has 0 aliphatic carbocycles. The van der Waals surface area contributed by atoms with E-state index in [0.717, 1.165) is 4.90 Å². The standard InChI is InChI=1S/C21H24N2O5S2/c1-28-21(25)18-5-3-4-6-19(18)22-20(24)15-11-13-23(14-12-15)30(26,27)17-9-7-16(29-2)8-10-17/h3-10,15H,11-14H2,1-2H3,(H,22,24). The van der Waals surface area contributed by atoms with Gasteiger partial charge in [0, 0.05) is 23.9 Å². The van der Waals surface area contributed by atoms with E-state index in [0.29, 0.717) is 18.5 Å². The first-order valence-electron chi connectivity index (χ1n) is 9.49. The van der Waals surface area contributed by atoms with E-state index in [1.165, 1.54) is 11.4 Å². The van der Waals surface area contributed by atoms with Gasteiger partial charge >= 0.3 is 5.97 Å². The number of thioether (sulfide) groups is 1. The minimum absolute atomic E-state index is 0.229. The molecule has 160 valence electrons. The number of ether oxygens (including phenoxy) is 1. The van der Waals surface area contributed by atoms with Crippen molar-refractivity contribution in [2.45, 2.75) is 22.6 Å². The third kappa shape index (κ3) is 4.85. The third-order valence-corrected chi connectivity index (χ3v) is 7.77. The van der Waals surface area contributed by atoms with Gasteiger partial charge in [-0.15, -0.1) is 11.8 Å². The number of sulfonamides is 1. The van der Waals surface area contributed by atoms with Crippen LogP contribution in [0.25, 0.3) is 0 Å². The smallest absolute Gasteiger partial charge is 0.339 e. The van der Waals surface area contributed by atoms with E-state index < -0.39 is 16.0 Å². The maximum absolute atomic E-state index is 12.9. The van der Waals surface area contributed by atoms with Crippen molar-refractivity contribution < 1.29 is 22.7 Å². The number of carbonyl (C=O) groups excluding carboxylic acids is 2. The molecule has 0 atom stereocenters. The predicted octanol–water partition coefficient (Wildman–Crippen LogP) is 3.23. The summed E-state index contributed by atoms with van der Waals surface area (Å²) in [6.45, 7) is 0.534. The molecule has 0 unspecified atom stereocenters. The number of amides is 1. The molecule has 0 aromatic heterocycles. The van der Waals surface area contributed by atoms with E-state index in [1.54, 1.807) is 60.3 Å². The Morgan fingerprint density at radius 1 is 1.07 bits per heavy atom. The van der Waals surface area contributed by atoms with E-state index in [2.05, 4.69) is 5.32 Å². The van der Waals surface area contributed by atoms with E-state index in [1.807, 2.05) is 6.26 Å². The molecular weight excluding hydrogens is 424 g/mol. The Bertz CT molecular complexity index is 1010. The Morgan fingerprint density at radius 2 is 1.70 bits per heavy atom. The molecule has 30 heavy (non-hydrogen) atoms. The number of hydrogen-bond donors (Lipinski definition) is 1. The summed E-state index contributed by atoms with van der Waals surface area (Å²) in [5, 5.41) is 2.78. The average Bonchev–Trinajstić information content (AvgIpc) is 2.79. The van der Waals surface area contributed by atoms with Gasteiger partial charge in [0.1, 0.15) is 0 Å². The quantitative estimate of drug-likeness (QED) is 0.539. The first-order valence-corrected chi connectivity index (χ1v) is 12.2. The van der Waals surface area contributed by atoms with Crippen LogP contribution < -0.4 is 5.32 Å². The van der Waals surface area contributed by atoms with Crippen LogP contribution in [0.15, 0.2) is 58.3 Å². The van der Waals surface area contributed by atoms with E-state index >= 15 is 0 Å². The molecule has 9 heteroatoms. The summed E-state index contributed by atoms with van der Waals surface area (Å²) in [5.74, 6) is -1.09. The number of para-hydroxylation sites is 1. The zero-order chi connectivity index (χ0) is 21.7. The highest BCUT2D eigenvalue weighted by atomic mass is 32.2. The molecule has 1 N–H and O–H groups in total. The van der Waals surface area contributed by atoms with Gasteiger partial charge < -0.3 is 10.1 Å². The van der Waals surface area contributed by atoms with E-state index in [9.17, 15) is 18.0 Å². The Labute approximate surface area is 180 Å². The zero-order valence-electron chi connectivity index (χ0n) is 16.8. The van der Waals surface area contributed by atoms with Gasteiger partial charge in [-0.25, -0.2) is 13.2 Å². The summed E-state index contributed by atoms with van der Waals surface area (Å²) in [7, 11) is -2.30. The molecule has 0 spiro atoms. The van der Waals surface area contributed by atoms with Crippen molar-refractivity contribution in [3.8, 4) is 0 Å². The lowest BCUT2D eigenvalue weighted by atomic mass is 9.97. The Balaban J connectivity index is 1.64. The number of methoxy groups -OCH3 is 1. The number of carbonyl (C=O) groups is 2. The van der Waals surface area contributed by atoms with Gasteiger partial charge in [0.05, 0.1) is 23.3 Å². The molecule has 2 aromatic carbocycles. The Kier molecular flexibility index (Phi) is 7.17. The number of anilines is 1. The second kappa shape index (κ2) is 9.63. The number of piperidine rings is 1. The SMILES string of the molecule is COC(=O)c1ccccc1NC(=O)C1CCN(S(=O)(=O)c2ccc(SC)cc2)CC1. The van der Waals surface area contributed by atoms with Gasteiger partial charge in [-0.2, -0.15) is 4.31 Å². The molecular formula is C21H24N2O5S2. The molecule has 7 nitrogen and oxygen atoms in total. The van der Waals surface area contributed by atoms with Crippen molar-refractivity contribution in [1.82, 2.24) is 4.31 Å². The molecule has 3 rings (SSSR count). The van der Waals surface area contributed by atoms with Crippen molar-refractivity contribution >= 4 is 39.3 Å². The first kappa shape index (κ1) is 22.3. The fraction of sp³-hybridized carbons (Fsp3) is 0.333. The van der Waals surface area contributed by atoms with E-state index in [-0.39, 0.29) is 35.4 Å². The fourth-order valence-corrected chi connectivity index (χ4v) is 5.25. The minimum Gasteiger partial charge on any atom is -0.465 e. The van der Waals surface area contributed by atoms with Gasteiger partial charge in [0.15, 0.2) is 0 Å². The molecule has 1 aliphatic rings. The van der Waals surface area contributed by atoms with Gasteiger partial charge in [0.25, 0.3) is 0 Å². The van der Waals surface area contributed by atoms with Crippen LogP contribution in [0.1, 0.15) is 23.2 Å². The van der Waals surface area contributed by atoms with Gasteiger partial charge in [0.2, 0.25) is 15.9 Å². The average molecular weight is 449 g/mol. The van der Waals surface area contributed by atoms with Crippen molar-refractivity contribution in [3.63, 3.8) is 0 Å². The number of hydrogen-bond acceptors (Lipinski definition) is 6. The van der Waals surface area contributed by atoms with Crippen molar-refractivity contribution in [2.24, 2.45) is 5.92 Å². The number of nitrogens with one attached hydrogen (secondary N) is 1. The van der Waals surface area contributed by atoms with Gasteiger partial charge in [-0.1, -0.05) is 12.1 Å². The van der Waals surface area contributed by atoms with Crippen LogP contribution >= 0.6 is 11.8 Å². The molecule has 0 bridgehead atoms. The number of nitrogens with zero attached hydrogens (tertiary/aromatic N) is 1. The summed E-state index contributed by atoms with van der Waals surface area (Å²) < 4.78 is 31.9. The van der Waals surface area contributed by atoms with Crippen molar-refractivity contribution in [3.05, 3.63) is 54.1 Å². The maximum atomic E-state index is 12.9. The fourth-order valence-electron chi connectivity index (χ4n) is 3.37. The second-order valence-corrected chi connectivity index (χ2v) is 9.70. The summed E-state index contributed by atoms with van der Waals surface area (Å²) in [4.78, 5) is 25.8. The molecule has 0 saturated carbocycles. The van der Waals surface area contributed by atoms with Crippen LogP contribution in [-0.2, 0) is 19.6 Å². The molecule has 1 aliphatic heterocycles. The first-order chi connectivity index (χ1) is 14.4. The topological polar surface area (TPSA) is 92.8 Å². The highest BCUT2D eigenvalue weighted by molar-refractivity contribution is 7.98. The lowest BCUT2D eigenvalue weighted by Crippen LogP contribution is -2.41. The van der Waals surface area contributed by atoms with Crippen molar-refractivity contribution in [2.75, 3.05) is 31.8 Å². The summed E-state index contributed by atoms with van der Waals surface area (Å²) in [6, 6.07) is 13.4. The summed E-state index contributed by atoms with van der Waals surface area (Å²) >= 11 is 1.55. The van der Waals surface area contributed by atoms with Crippen molar-refractivity contribution in [1.29, 1.82) is 0 Å². The minimum atomic E-state index is -3.59. The van der Waals surface area contributed by atoms with Crippen LogP contribution in [0.4, 0.5) is 5.69 Å². The Morgan fingerprint density at radius 3 is 2.30 bits per heavy atom. The summed E-state index contributed by atoms with van der Waals surface area (Å²) in [5.41, 5.74) is 0.667. The highest BCUT2D eigenvalue weighted by Gasteiger charge is 2.32. The monoisotopic (exact) mass is 448 g/mol. The van der Waals surface area contributed by atoms with Crippen LogP contribution in [0.2, 0.25) is 0 Å². The van der Waals surface area contributed by atoms with Gasteiger partial charge in [-0.3, -0.25) is 4.79 Å². The number of benzene rings is 2. The number of esters is 1. The molecule has 0 radical (unpaired) electrons. The lowest BCUT2D eigenvalue weighted by Gasteiger charge is -2.30. The largest absolute Gasteiger partial charge is 0.465 e. The van der Waals surface area contributed by atoms with Crippen LogP contribution in [-0.4, -0.2) is 51.1 Å². The van der Waals surface area contributed by atoms with Crippen LogP contribution in [0, 0.1) is 5.92 Å². The normalized spacial score (nSPS) is 15.5. The lowest BCUT2D eigenvalue weighted by molar-refractivity contribution is -0.120. The Hall–Kier alpha value is -2.36. The predicted molar refractivity (Wildman–Crippen MR) is 116 cm³/mol.